The van der Waals surface area contributed by atoms with Crippen molar-refractivity contribution < 1.29 is 9.18 Å². The van der Waals surface area contributed by atoms with Gasteiger partial charge < -0.3 is 0 Å². The van der Waals surface area contributed by atoms with Crippen LogP contribution in [0.2, 0.25) is 0 Å². The molecule has 1 saturated carbocycles. The summed E-state index contributed by atoms with van der Waals surface area (Å²) >= 11 is 0. The van der Waals surface area contributed by atoms with Gasteiger partial charge in [0, 0.05) is 11.0 Å². The molecule has 1 fully saturated rings. The molecule has 1 aliphatic carbocycles. The van der Waals surface area contributed by atoms with Gasteiger partial charge in [0.2, 0.25) is 0 Å². The third-order valence-corrected chi connectivity index (χ3v) is 3.73. The molecule has 16 heavy (non-hydrogen) atoms. The molecule has 0 saturated heterocycles. The summed E-state index contributed by atoms with van der Waals surface area (Å²) < 4.78 is 13.3. The van der Waals surface area contributed by atoms with Gasteiger partial charge in [-0.2, -0.15) is 0 Å². The number of benzene rings is 1. The maximum absolute atomic E-state index is 13.3. The first-order valence-electron chi connectivity index (χ1n) is 5.92. The normalized spacial score (nSPS) is 19.3. The lowest BCUT2D eigenvalue weighted by molar-refractivity contribution is 0.112. The molecule has 1 nitrogen and oxygen atoms in total. The highest BCUT2D eigenvalue weighted by Crippen LogP contribution is 2.39. The van der Waals surface area contributed by atoms with Gasteiger partial charge in [-0.05, 0) is 18.4 Å². The Morgan fingerprint density at radius 3 is 2.25 bits per heavy atom. The van der Waals surface area contributed by atoms with Crippen molar-refractivity contribution in [1.29, 1.82) is 0 Å². The van der Waals surface area contributed by atoms with Gasteiger partial charge in [-0.1, -0.05) is 43.5 Å². The molecule has 1 aromatic carbocycles. The van der Waals surface area contributed by atoms with Crippen molar-refractivity contribution in [2.75, 3.05) is 6.67 Å². The van der Waals surface area contributed by atoms with E-state index in [-0.39, 0.29) is 12.1 Å². The summed E-state index contributed by atoms with van der Waals surface area (Å²) in [6, 6.07) is 7.39. The molecule has 0 heterocycles. The predicted molar refractivity (Wildman–Crippen MR) is 62.6 cm³/mol. The Hall–Kier alpha value is -1.18. The molecule has 2 heteroatoms. The zero-order valence-electron chi connectivity index (χ0n) is 9.42. The summed E-state index contributed by atoms with van der Waals surface area (Å²) in [6.07, 6.45) is 6.13. The zero-order chi connectivity index (χ0) is 11.4. The molecule has 0 spiro atoms. The van der Waals surface area contributed by atoms with Crippen LogP contribution in [0.5, 0.6) is 0 Å². The minimum Gasteiger partial charge on any atom is -0.298 e. The van der Waals surface area contributed by atoms with E-state index in [1.807, 2.05) is 12.1 Å². The number of hydrogen-bond acceptors (Lipinski definition) is 1. The van der Waals surface area contributed by atoms with Gasteiger partial charge in [0.1, 0.15) is 6.29 Å². The van der Waals surface area contributed by atoms with E-state index in [1.54, 1.807) is 12.1 Å². The molecular weight excluding hydrogens is 203 g/mol. The van der Waals surface area contributed by atoms with Gasteiger partial charge in [0.05, 0.1) is 6.67 Å². The van der Waals surface area contributed by atoms with Crippen LogP contribution >= 0.6 is 0 Å². The minimum atomic E-state index is -0.284. The monoisotopic (exact) mass is 220 g/mol. The average Bonchev–Trinajstić information content (AvgIpc) is 2.39. The number of alkyl halides is 1. The second-order valence-electron chi connectivity index (χ2n) is 4.71. The molecule has 0 aliphatic heterocycles. The van der Waals surface area contributed by atoms with Gasteiger partial charge in [-0.25, -0.2) is 0 Å². The summed E-state index contributed by atoms with van der Waals surface area (Å²) in [5, 5.41) is 0. The standard InChI is InChI=1S/C14H17FO/c15-11-14(8-2-1-3-9-14)13-6-4-12(10-16)5-7-13/h4-7,10H,1-3,8-9,11H2. The fraction of sp³-hybridized carbons (Fsp3) is 0.500. The van der Waals surface area contributed by atoms with Crippen LogP contribution in [0, 0.1) is 0 Å². The van der Waals surface area contributed by atoms with Crippen LogP contribution in [-0.4, -0.2) is 13.0 Å². The molecule has 1 aliphatic rings. The quantitative estimate of drug-likeness (QED) is 0.710. The third-order valence-electron chi connectivity index (χ3n) is 3.73. The molecule has 0 atom stereocenters. The SMILES string of the molecule is O=Cc1ccc(C2(CF)CCCCC2)cc1. The van der Waals surface area contributed by atoms with E-state index in [0.29, 0.717) is 5.56 Å². The molecule has 0 aromatic heterocycles. The molecule has 0 amide bonds. The van der Waals surface area contributed by atoms with Gasteiger partial charge in [-0.15, -0.1) is 0 Å². The average molecular weight is 220 g/mol. The number of halogens is 1. The number of aldehydes is 1. The highest BCUT2D eigenvalue weighted by Gasteiger charge is 2.33. The number of rotatable bonds is 3. The first-order valence-corrected chi connectivity index (χ1v) is 5.92. The van der Waals surface area contributed by atoms with Crippen molar-refractivity contribution in [2.24, 2.45) is 0 Å². The van der Waals surface area contributed by atoms with E-state index < -0.39 is 0 Å². The summed E-state index contributed by atoms with van der Waals surface area (Å²) in [5.74, 6) is 0. The Balaban J connectivity index is 2.28. The Kier molecular flexibility index (Phi) is 3.37. The first kappa shape index (κ1) is 11.3. The smallest absolute Gasteiger partial charge is 0.150 e. The lowest BCUT2D eigenvalue weighted by atomic mass is 9.70. The van der Waals surface area contributed by atoms with Crippen LogP contribution in [0.3, 0.4) is 0 Å². The Bertz CT molecular complexity index is 350. The Labute approximate surface area is 95.7 Å². The Morgan fingerprint density at radius 2 is 1.75 bits per heavy atom. The zero-order valence-corrected chi connectivity index (χ0v) is 9.42. The van der Waals surface area contributed by atoms with Crippen molar-refractivity contribution in [1.82, 2.24) is 0 Å². The van der Waals surface area contributed by atoms with Crippen LogP contribution in [0.25, 0.3) is 0 Å². The van der Waals surface area contributed by atoms with Crippen molar-refractivity contribution in [3.63, 3.8) is 0 Å². The largest absolute Gasteiger partial charge is 0.298 e. The van der Waals surface area contributed by atoms with Crippen molar-refractivity contribution in [3.8, 4) is 0 Å². The fourth-order valence-electron chi connectivity index (χ4n) is 2.64. The molecule has 86 valence electrons. The number of hydrogen-bond donors (Lipinski definition) is 0. The fourth-order valence-corrected chi connectivity index (χ4v) is 2.64. The van der Waals surface area contributed by atoms with Gasteiger partial charge in [0.15, 0.2) is 0 Å². The molecule has 2 rings (SSSR count). The van der Waals surface area contributed by atoms with E-state index in [0.717, 1.165) is 37.5 Å². The first-order chi connectivity index (χ1) is 7.80. The van der Waals surface area contributed by atoms with Crippen LogP contribution in [-0.2, 0) is 5.41 Å². The van der Waals surface area contributed by atoms with E-state index in [2.05, 4.69) is 0 Å². The number of carbonyl (C=O) groups is 1. The maximum Gasteiger partial charge on any atom is 0.150 e. The molecule has 0 unspecified atom stereocenters. The van der Waals surface area contributed by atoms with Crippen LogP contribution < -0.4 is 0 Å². The molecular formula is C14H17FO. The second kappa shape index (κ2) is 4.77. The lowest BCUT2D eigenvalue weighted by Gasteiger charge is -2.35. The van der Waals surface area contributed by atoms with Crippen molar-refractivity contribution in [3.05, 3.63) is 35.4 Å². The topological polar surface area (TPSA) is 17.1 Å². The van der Waals surface area contributed by atoms with Crippen LogP contribution in [0.4, 0.5) is 4.39 Å². The van der Waals surface area contributed by atoms with Crippen LogP contribution in [0.1, 0.15) is 48.0 Å². The summed E-state index contributed by atoms with van der Waals surface area (Å²) in [4.78, 5) is 10.6. The minimum absolute atomic E-state index is 0.278. The van der Waals surface area contributed by atoms with E-state index in [9.17, 15) is 9.18 Å². The number of carbonyl (C=O) groups excluding carboxylic acids is 1. The van der Waals surface area contributed by atoms with Crippen molar-refractivity contribution >= 4 is 6.29 Å². The van der Waals surface area contributed by atoms with Crippen molar-refractivity contribution in [2.45, 2.75) is 37.5 Å². The summed E-state index contributed by atoms with van der Waals surface area (Å²) in [6.45, 7) is -0.284. The van der Waals surface area contributed by atoms with E-state index in [1.165, 1.54) is 6.42 Å². The molecule has 0 bridgehead atoms. The summed E-state index contributed by atoms with van der Waals surface area (Å²) in [7, 11) is 0. The lowest BCUT2D eigenvalue weighted by Crippen LogP contribution is -2.31. The van der Waals surface area contributed by atoms with E-state index >= 15 is 0 Å². The molecule has 0 radical (unpaired) electrons. The van der Waals surface area contributed by atoms with Gasteiger partial charge in [0.25, 0.3) is 0 Å². The van der Waals surface area contributed by atoms with Gasteiger partial charge in [-0.3, -0.25) is 9.18 Å². The van der Waals surface area contributed by atoms with E-state index in [4.69, 9.17) is 0 Å². The van der Waals surface area contributed by atoms with Crippen LogP contribution in [0.15, 0.2) is 24.3 Å². The Morgan fingerprint density at radius 1 is 1.12 bits per heavy atom. The molecule has 1 aromatic rings. The second-order valence-corrected chi connectivity index (χ2v) is 4.71. The third kappa shape index (κ3) is 2.01. The predicted octanol–water partition coefficient (Wildman–Crippen LogP) is 3.67. The maximum atomic E-state index is 13.3. The summed E-state index contributed by atoms with van der Waals surface area (Å²) in [5.41, 5.74) is 1.44. The van der Waals surface area contributed by atoms with Gasteiger partial charge >= 0.3 is 0 Å². The molecule has 0 N–H and O–H groups in total. The highest BCUT2D eigenvalue weighted by atomic mass is 19.1. The highest BCUT2D eigenvalue weighted by molar-refractivity contribution is 5.74.